The van der Waals surface area contributed by atoms with Gasteiger partial charge in [0.25, 0.3) is 0 Å². The summed E-state index contributed by atoms with van der Waals surface area (Å²) in [6.45, 7) is 0.807. The van der Waals surface area contributed by atoms with Crippen LogP contribution in [0.4, 0.5) is 17.1 Å². The van der Waals surface area contributed by atoms with E-state index in [0.29, 0.717) is 0 Å². The first-order valence-electron chi connectivity index (χ1n) is 12.4. The summed E-state index contributed by atoms with van der Waals surface area (Å²) in [6.07, 6.45) is 20.5. The highest BCUT2D eigenvalue weighted by atomic mass is 16.5. The minimum absolute atomic E-state index is 0.807. The van der Waals surface area contributed by atoms with Crippen LogP contribution in [0.1, 0.15) is 51.4 Å². The van der Waals surface area contributed by atoms with Crippen molar-refractivity contribution < 1.29 is 4.74 Å². The van der Waals surface area contributed by atoms with Gasteiger partial charge in [-0.1, -0.05) is 56.4 Å². The fourth-order valence-corrected chi connectivity index (χ4v) is 4.49. The lowest BCUT2D eigenvalue weighted by atomic mass is 9.99. The molecule has 2 aliphatic rings. The van der Waals surface area contributed by atoms with Gasteiger partial charge in [0.05, 0.1) is 18.0 Å². The van der Waals surface area contributed by atoms with Crippen molar-refractivity contribution in [3.8, 4) is 5.75 Å². The molecule has 0 radical (unpaired) electrons. The first-order chi connectivity index (χ1) is 16.2. The van der Waals surface area contributed by atoms with Crippen molar-refractivity contribution in [1.29, 1.82) is 0 Å². The van der Waals surface area contributed by atoms with Crippen LogP contribution in [0.15, 0.2) is 61.0 Å². The summed E-state index contributed by atoms with van der Waals surface area (Å²) >= 11 is 0. The van der Waals surface area contributed by atoms with Crippen LogP contribution in [-0.2, 0) is 0 Å². The molecule has 0 atom stereocenters. The lowest BCUT2D eigenvalue weighted by Crippen LogP contribution is -2.23. The van der Waals surface area contributed by atoms with Crippen molar-refractivity contribution in [3.63, 3.8) is 0 Å². The van der Waals surface area contributed by atoms with Crippen molar-refractivity contribution in [1.82, 2.24) is 0 Å². The van der Waals surface area contributed by atoms with E-state index in [2.05, 4.69) is 84.4 Å². The van der Waals surface area contributed by atoms with Crippen molar-refractivity contribution in [2.75, 3.05) is 36.2 Å². The predicted octanol–water partition coefficient (Wildman–Crippen LogP) is 5.76. The molecule has 2 aromatic carbocycles. The largest absolute Gasteiger partial charge is 0.494 e. The van der Waals surface area contributed by atoms with Crippen molar-refractivity contribution >= 4 is 28.7 Å². The third-order valence-corrected chi connectivity index (χ3v) is 6.39. The number of nitrogens with one attached hydrogen (secondary N) is 2. The topological polar surface area (TPSA) is 36.5 Å². The zero-order chi connectivity index (χ0) is 22.9. The first-order valence-corrected chi connectivity index (χ1v) is 12.4. The SMILES string of the molecule is CN(C)c1cccc(OCCCCCCCCCC2=c3ccc4c(c3NC=C2)NC=CC=4)c1. The molecule has 0 aromatic heterocycles. The number of ether oxygens (including phenoxy) is 1. The number of anilines is 3. The molecule has 174 valence electrons. The number of hydrogen-bond acceptors (Lipinski definition) is 4. The Morgan fingerprint density at radius 2 is 1.61 bits per heavy atom. The number of allylic oxidation sites excluding steroid dienone is 2. The van der Waals surface area contributed by atoms with E-state index in [0.717, 1.165) is 25.2 Å². The second-order valence-electron chi connectivity index (χ2n) is 9.09. The summed E-state index contributed by atoms with van der Waals surface area (Å²) in [5, 5.41) is 9.42. The molecule has 33 heavy (non-hydrogen) atoms. The van der Waals surface area contributed by atoms with E-state index in [-0.39, 0.29) is 0 Å². The Morgan fingerprint density at radius 3 is 2.45 bits per heavy atom. The molecule has 0 unspecified atom stereocenters. The Bertz CT molecular complexity index is 1110. The number of hydrogen-bond donors (Lipinski definition) is 2. The van der Waals surface area contributed by atoms with Crippen LogP contribution in [0.25, 0.3) is 11.6 Å². The second kappa shape index (κ2) is 11.6. The van der Waals surface area contributed by atoms with Gasteiger partial charge in [-0.05, 0) is 49.1 Å². The van der Waals surface area contributed by atoms with Crippen LogP contribution in [0.5, 0.6) is 5.75 Å². The molecule has 4 heteroatoms. The van der Waals surface area contributed by atoms with E-state index in [9.17, 15) is 0 Å². The maximum absolute atomic E-state index is 5.92. The number of fused-ring (bicyclic) bond motifs is 3. The number of rotatable bonds is 12. The summed E-state index contributed by atoms with van der Waals surface area (Å²) < 4.78 is 5.92. The highest BCUT2D eigenvalue weighted by Gasteiger charge is 2.11. The molecule has 0 spiro atoms. The zero-order valence-corrected chi connectivity index (χ0v) is 20.1. The molecule has 0 saturated heterocycles. The Morgan fingerprint density at radius 1 is 0.818 bits per heavy atom. The Balaban J connectivity index is 1.12. The summed E-state index contributed by atoms with van der Waals surface area (Å²) in [5.74, 6) is 0.970. The summed E-state index contributed by atoms with van der Waals surface area (Å²) in [6, 6.07) is 12.8. The highest BCUT2D eigenvalue weighted by molar-refractivity contribution is 5.81. The fourth-order valence-electron chi connectivity index (χ4n) is 4.49. The minimum atomic E-state index is 0.807. The van der Waals surface area contributed by atoms with Gasteiger partial charge in [0.15, 0.2) is 0 Å². The van der Waals surface area contributed by atoms with E-state index < -0.39 is 0 Å². The maximum Gasteiger partial charge on any atom is 0.121 e. The average molecular weight is 444 g/mol. The summed E-state index contributed by atoms with van der Waals surface area (Å²) in [5.41, 5.74) is 5.02. The lowest BCUT2D eigenvalue weighted by molar-refractivity contribution is 0.304. The van der Waals surface area contributed by atoms with E-state index >= 15 is 0 Å². The highest BCUT2D eigenvalue weighted by Crippen LogP contribution is 2.22. The quantitative estimate of drug-likeness (QED) is 0.409. The third kappa shape index (κ3) is 6.22. The fraction of sp³-hybridized carbons (Fsp3) is 0.379. The van der Waals surface area contributed by atoms with Gasteiger partial charge in [0, 0.05) is 48.7 Å². The number of benzene rings is 2. The van der Waals surface area contributed by atoms with Crippen LogP contribution in [0.2, 0.25) is 0 Å². The minimum Gasteiger partial charge on any atom is -0.494 e. The molecule has 2 N–H and O–H groups in total. The Kier molecular flexibility index (Phi) is 8.13. The first kappa shape index (κ1) is 23.0. The molecule has 0 fully saturated rings. The van der Waals surface area contributed by atoms with Gasteiger partial charge in [0.2, 0.25) is 0 Å². The molecule has 0 bridgehead atoms. The van der Waals surface area contributed by atoms with Gasteiger partial charge in [0.1, 0.15) is 5.75 Å². The third-order valence-electron chi connectivity index (χ3n) is 6.39. The zero-order valence-electron chi connectivity index (χ0n) is 20.1. The molecule has 2 heterocycles. The molecular weight excluding hydrogens is 406 g/mol. The molecule has 0 amide bonds. The van der Waals surface area contributed by atoms with Crippen LogP contribution in [0, 0.1) is 0 Å². The molecule has 2 aliphatic heterocycles. The molecule has 4 rings (SSSR count). The molecular formula is C29H37N3O. The maximum atomic E-state index is 5.92. The molecule has 2 aromatic rings. The van der Waals surface area contributed by atoms with Crippen LogP contribution in [-0.4, -0.2) is 20.7 Å². The van der Waals surface area contributed by atoms with E-state index in [4.69, 9.17) is 4.74 Å². The standard InChI is InChI=1S/C29H37N3O/c1-32(2)25-14-10-15-26(22-25)33-21-9-7-5-3-4-6-8-12-23-18-20-31-29-27(23)17-16-24-13-11-19-30-28(24)29/h10-11,13-20,22,30-31H,3-9,12,21H2,1-2H3. The summed E-state index contributed by atoms with van der Waals surface area (Å²) in [7, 11) is 4.11. The second-order valence-corrected chi connectivity index (χ2v) is 9.09. The Hall–Kier alpha value is -3.14. The number of nitrogens with zero attached hydrogens (tertiary/aromatic N) is 1. The number of unbranched alkanes of at least 4 members (excludes halogenated alkanes) is 6. The molecule has 4 nitrogen and oxygen atoms in total. The van der Waals surface area contributed by atoms with E-state index in [1.807, 2.05) is 12.3 Å². The van der Waals surface area contributed by atoms with Crippen LogP contribution < -0.4 is 30.7 Å². The van der Waals surface area contributed by atoms with Crippen LogP contribution in [0.3, 0.4) is 0 Å². The smallest absolute Gasteiger partial charge is 0.121 e. The van der Waals surface area contributed by atoms with Crippen molar-refractivity contribution in [2.24, 2.45) is 0 Å². The average Bonchev–Trinajstić information content (AvgIpc) is 2.85. The van der Waals surface area contributed by atoms with E-state index in [1.54, 1.807) is 0 Å². The van der Waals surface area contributed by atoms with Gasteiger partial charge >= 0.3 is 0 Å². The van der Waals surface area contributed by atoms with Crippen LogP contribution >= 0.6 is 0 Å². The van der Waals surface area contributed by atoms with Gasteiger partial charge in [-0.25, -0.2) is 0 Å². The molecule has 0 aliphatic carbocycles. The van der Waals surface area contributed by atoms with Crippen molar-refractivity contribution in [3.05, 3.63) is 71.4 Å². The Labute approximate surface area is 198 Å². The lowest BCUT2D eigenvalue weighted by Gasteiger charge is -2.18. The summed E-state index contributed by atoms with van der Waals surface area (Å²) in [4.78, 5) is 2.10. The monoisotopic (exact) mass is 443 g/mol. The van der Waals surface area contributed by atoms with Gasteiger partial charge in [-0.15, -0.1) is 0 Å². The molecule has 0 saturated carbocycles. The normalized spacial score (nSPS) is 13.5. The van der Waals surface area contributed by atoms with Crippen molar-refractivity contribution in [2.45, 2.75) is 51.4 Å². The predicted molar refractivity (Wildman–Crippen MR) is 142 cm³/mol. The van der Waals surface area contributed by atoms with Gasteiger partial charge in [-0.2, -0.15) is 0 Å². The van der Waals surface area contributed by atoms with Gasteiger partial charge < -0.3 is 20.3 Å². The van der Waals surface area contributed by atoms with Gasteiger partial charge in [-0.3, -0.25) is 0 Å². The van der Waals surface area contributed by atoms with E-state index in [1.165, 1.54) is 71.6 Å².